The summed E-state index contributed by atoms with van der Waals surface area (Å²) in [6.07, 6.45) is 0. The van der Waals surface area contributed by atoms with Crippen LogP contribution in [0.1, 0.15) is 15.9 Å². The Hall–Kier alpha value is -2.93. The number of anilines is 2. The number of aryl methyl sites for hydroxylation is 1. The van der Waals surface area contributed by atoms with Crippen molar-refractivity contribution in [2.45, 2.75) is 6.92 Å². The number of methoxy groups -OCH3 is 1. The van der Waals surface area contributed by atoms with Crippen molar-refractivity contribution in [1.82, 2.24) is 0 Å². The number of hydrogen-bond acceptors (Lipinski definition) is 6. The molecule has 0 radical (unpaired) electrons. The zero-order chi connectivity index (χ0) is 18.7. The van der Waals surface area contributed by atoms with Crippen LogP contribution >= 0.6 is 11.6 Å². The SMILES string of the molecule is COC(=O)c1ccc(NCC(=O)Nc2cc3c(cc2Cl)OCO3)c(C)c1. The second-order valence-electron chi connectivity index (χ2n) is 5.61. The molecule has 1 aliphatic rings. The summed E-state index contributed by atoms with van der Waals surface area (Å²) in [4.78, 5) is 23.7. The average molecular weight is 377 g/mol. The maximum atomic E-state index is 12.2. The Morgan fingerprint density at radius 1 is 1.15 bits per heavy atom. The smallest absolute Gasteiger partial charge is 0.337 e. The van der Waals surface area contributed by atoms with Gasteiger partial charge in [-0.15, -0.1) is 0 Å². The van der Waals surface area contributed by atoms with E-state index in [4.69, 9.17) is 21.1 Å². The number of halogens is 1. The molecule has 0 atom stereocenters. The Labute approximate surface area is 155 Å². The van der Waals surface area contributed by atoms with E-state index in [9.17, 15) is 9.59 Å². The number of nitrogens with one attached hydrogen (secondary N) is 2. The van der Waals surface area contributed by atoms with Gasteiger partial charge in [0, 0.05) is 17.8 Å². The zero-order valence-corrected chi connectivity index (χ0v) is 15.0. The molecular formula is C18H17ClN2O5. The second kappa shape index (κ2) is 7.53. The number of amides is 1. The Balaban J connectivity index is 1.62. The van der Waals surface area contributed by atoms with Gasteiger partial charge >= 0.3 is 5.97 Å². The van der Waals surface area contributed by atoms with Gasteiger partial charge in [-0.3, -0.25) is 4.79 Å². The summed E-state index contributed by atoms with van der Waals surface area (Å²) < 4.78 is 15.2. The van der Waals surface area contributed by atoms with Gasteiger partial charge in [-0.2, -0.15) is 0 Å². The van der Waals surface area contributed by atoms with Crippen molar-refractivity contribution in [3.05, 3.63) is 46.5 Å². The lowest BCUT2D eigenvalue weighted by Gasteiger charge is -2.12. The molecule has 2 aromatic rings. The van der Waals surface area contributed by atoms with Gasteiger partial charge in [0.25, 0.3) is 0 Å². The molecule has 7 nitrogen and oxygen atoms in total. The monoisotopic (exact) mass is 376 g/mol. The lowest BCUT2D eigenvalue weighted by Crippen LogP contribution is -2.22. The maximum absolute atomic E-state index is 12.2. The van der Waals surface area contributed by atoms with E-state index in [0.717, 1.165) is 11.3 Å². The topological polar surface area (TPSA) is 85.9 Å². The third-order valence-electron chi connectivity index (χ3n) is 3.82. The molecule has 2 aromatic carbocycles. The van der Waals surface area contributed by atoms with Gasteiger partial charge in [0.1, 0.15) is 0 Å². The second-order valence-corrected chi connectivity index (χ2v) is 6.02. The van der Waals surface area contributed by atoms with Crippen molar-refractivity contribution in [3.63, 3.8) is 0 Å². The molecule has 3 rings (SSSR count). The molecule has 0 aromatic heterocycles. The van der Waals surface area contributed by atoms with Crippen LogP contribution < -0.4 is 20.1 Å². The third-order valence-corrected chi connectivity index (χ3v) is 4.14. The molecule has 0 fully saturated rings. The third kappa shape index (κ3) is 3.83. The van der Waals surface area contributed by atoms with Crippen LogP contribution in [-0.4, -0.2) is 32.3 Å². The molecular weight excluding hydrogens is 360 g/mol. The van der Waals surface area contributed by atoms with Crippen LogP contribution in [0.3, 0.4) is 0 Å². The molecule has 0 unspecified atom stereocenters. The summed E-state index contributed by atoms with van der Waals surface area (Å²) in [7, 11) is 1.33. The number of carbonyl (C=O) groups excluding carboxylic acids is 2. The highest BCUT2D eigenvalue weighted by atomic mass is 35.5. The van der Waals surface area contributed by atoms with Gasteiger partial charge in [-0.25, -0.2) is 4.79 Å². The normalized spacial score (nSPS) is 11.8. The van der Waals surface area contributed by atoms with Crippen molar-refractivity contribution >= 4 is 34.9 Å². The van der Waals surface area contributed by atoms with Gasteiger partial charge < -0.3 is 24.8 Å². The van der Waals surface area contributed by atoms with Gasteiger partial charge in [-0.05, 0) is 30.7 Å². The number of ether oxygens (including phenoxy) is 3. The van der Waals surface area contributed by atoms with E-state index in [1.54, 1.807) is 30.3 Å². The van der Waals surface area contributed by atoms with Gasteiger partial charge in [0.15, 0.2) is 11.5 Å². The highest BCUT2D eigenvalue weighted by Crippen LogP contribution is 2.39. The molecule has 0 aliphatic carbocycles. The quantitative estimate of drug-likeness (QED) is 0.779. The van der Waals surface area contributed by atoms with E-state index in [2.05, 4.69) is 15.4 Å². The van der Waals surface area contributed by atoms with Crippen molar-refractivity contribution in [1.29, 1.82) is 0 Å². The first-order chi connectivity index (χ1) is 12.5. The number of benzene rings is 2. The molecule has 1 aliphatic heterocycles. The van der Waals surface area contributed by atoms with Crippen LogP contribution in [0, 0.1) is 6.92 Å². The number of carbonyl (C=O) groups is 2. The summed E-state index contributed by atoms with van der Waals surface area (Å²) in [5.41, 5.74) is 2.46. The zero-order valence-electron chi connectivity index (χ0n) is 14.2. The largest absolute Gasteiger partial charge is 0.465 e. The van der Waals surface area contributed by atoms with E-state index in [1.165, 1.54) is 7.11 Å². The first-order valence-corrected chi connectivity index (χ1v) is 8.17. The highest BCUT2D eigenvalue weighted by Gasteiger charge is 2.17. The average Bonchev–Trinajstić information content (AvgIpc) is 3.07. The van der Waals surface area contributed by atoms with Gasteiger partial charge in [0.05, 0.1) is 29.9 Å². The first kappa shape index (κ1) is 17.9. The predicted octanol–water partition coefficient (Wildman–Crippen LogP) is 3.21. The molecule has 136 valence electrons. The minimum absolute atomic E-state index is 0.0309. The fourth-order valence-corrected chi connectivity index (χ4v) is 2.69. The van der Waals surface area contributed by atoms with E-state index in [0.29, 0.717) is 27.8 Å². The van der Waals surface area contributed by atoms with Crippen LogP contribution in [-0.2, 0) is 9.53 Å². The summed E-state index contributed by atoms with van der Waals surface area (Å²) in [6, 6.07) is 8.28. The van der Waals surface area contributed by atoms with E-state index in [1.807, 2.05) is 6.92 Å². The maximum Gasteiger partial charge on any atom is 0.337 e. The first-order valence-electron chi connectivity index (χ1n) is 7.80. The number of hydrogen-bond donors (Lipinski definition) is 2. The molecule has 1 heterocycles. The Bertz CT molecular complexity index is 869. The number of fused-ring (bicyclic) bond motifs is 1. The summed E-state index contributed by atoms with van der Waals surface area (Å²) in [5, 5.41) is 6.11. The Morgan fingerprint density at radius 3 is 2.58 bits per heavy atom. The highest BCUT2D eigenvalue weighted by molar-refractivity contribution is 6.34. The fourth-order valence-electron chi connectivity index (χ4n) is 2.49. The summed E-state index contributed by atoms with van der Waals surface area (Å²) in [5.74, 6) is 0.399. The lowest BCUT2D eigenvalue weighted by molar-refractivity contribution is -0.114. The molecule has 1 amide bonds. The summed E-state index contributed by atoms with van der Waals surface area (Å²) >= 11 is 6.14. The molecule has 0 spiro atoms. The number of rotatable bonds is 5. The molecule has 0 bridgehead atoms. The summed E-state index contributed by atoms with van der Waals surface area (Å²) in [6.45, 7) is 2.00. The van der Waals surface area contributed by atoms with E-state index >= 15 is 0 Å². The van der Waals surface area contributed by atoms with Crippen molar-refractivity contribution in [2.75, 3.05) is 31.1 Å². The van der Waals surface area contributed by atoms with Crippen LogP contribution in [0.2, 0.25) is 5.02 Å². The van der Waals surface area contributed by atoms with E-state index in [-0.39, 0.29) is 19.2 Å². The van der Waals surface area contributed by atoms with Crippen molar-refractivity contribution < 1.29 is 23.8 Å². The molecule has 0 saturated heterocycles. The lowest BCUT2D eigenvalue weighted by atomic mass is 10.1. The fraction of sp³-hybridized carbons (Fsp3) is 0.222. The van der Waals surface area contributed by atoms with Crippen LogP contribution in [0.5, 0.6) is 11.5 Å². The molecule has 8 heteroatoms. The standard InChI is InChI=1S/C18H17ClN2O5/c1-10-5-11(18(23)24-2)3-4-13(10)20-8-17(22)21-14-7-16-15(6-12(14)19)25-9-26-16/h3-7,20H,8-9H2,1-2H3,(H,21,22). The number of esters is 1. The van der Waals surface area contributed by atoms with Crippen molar-refractivity contribution in [3.8, 4) is 11.5 Å². The molecule has 0 saturated carbocycles. The van der Waals surface area contributed by atoms with Crippen molar-refractivity contribution in [2.24, 2.45) is 0 Å². The molecule has 2 N–H and O–H groups in total. The predicted molar refractivity (Wildman–Crippen MR) is 97.2 cm³/mol. The van der Waals surface area contributed by atoms with Crippen LogP contribution in [0.15, 0.2) is 30.3 Å². The van der Waals surface area contributed by atoms with Gasteiger partial charge in [-0.1, -0.05) is 11.6 Å². The Morgan fingerprint density at radius 2 is 1.88 bits per heavy atom. The van der Waals surface area contributed by atoms with Crippen LogP contribution in [0.4, 0.5) is 11.4 Å². The minimum atomic E-state index is -0.408. The minimum Gasteiger partial charge on any atom is -0.465 e. The van der Waals surface area contributed by atoms with Gasteiger partial charge in [0.2, 0.25) is 12.7 Å². The van der Waals surface area contributed by atoms with E-state index < -0.39 is 5.97 Å². The Kier molecular flexibility index (Phi) is 5.18. The van der Waals surface area contributed by atoms with Crippen LogP contribution in [0.25, 0.3) is 0 Å². The molecule has 26 heavy (non-hydrogen) atoms.